The normalized spacial score (nSPS) is 12.3. The fraction of sp³-hybridized carbons (Fsp3) is 0.235. The number of fused-ring (bicyclic) bond motifs is 1. The zero-order valence-electron chi connectivity index (χ0n) is 14.4. The van der Waals surface area contributed by atoms with Gasteiger partial charge in [0.25, 0.3) is 5.91 Å². The number of anilines is 2. The summed E-state index contributed by atoms with van der Waals surface area (Å²) in [5.41, 5.74) is 8.48. The van der Waals surface area contributed by atoms with Gasteiger partial charge in [-0.1, -0.05) is 6.07 Å². The smallest absolute Gasteiger partial charge is 0.252 e. The van der Waals surface area contributed by atoms with Crippen molar-refractivity contribution in [2.75, 3.05) is 5.32 Å². The average Bonchev–Trinajstić information content (AvgIpc) is 3.01. The Balaban J connectivity index is 2.25. The summed E-state index contributed by atoms with van der Waals surface area (Å²) in [5.74, 6) is 0.0822. The van der Waals surface area contributed by atoms with Crippen molar-refractivity contribution in [3.05, 3.63) is 47.3 Å². The van der Waals surface area contributed by atoms with Crippen LogP contribution in [0.1, 0.15) is 28.4 Å². The maximum absolute atomic E-state index is 11.9. The van der Waals surface area contributed by atoms with E-state index in [-0.39, 0.29) is 11.3 Å². The molecular weight excluding hydrogens is 354 g/mol. The highest BCUT2D eigenvalue weighted by Crippen LogP contribution is 2.31. The van der Waals surface area contributed by atoms with Crippen LogP contribution in [-0.2, 0) is 23.4 Å². The highest BCUT2D eigenvalue weighted by atomic mass is 32.2. The molecule has 1 unspecified atom stereocenters. The van der Waals surface area contributed by atoms with E-state index in [1.807, 2.05) is 19.9 Å². The summed E-state index contributed by atoms with van der Waals surface area (Å²) in [6, 6.07) is 5.36. The van der Waals surface area contributed by atoms with E-state index < -0.39 is 17.0 Å². The number of primary amides is 1. The highest BCUT2D eigenvalue weighted by Gasteiger charge is 2.17. The molecule has 3 rings (SSSR count). The van der Waals surface area contributed by atoms with Crippen molar-refractivity contribution in [3.8, 4) is 0 Å². The zero-order chi connectivity index (χ0) is 18.8. The maximum Gasteiger partial charge on any atom is 0.252 e. The highest BCUT2D eigenvalue weighted by molar-refractivity contribution is 7.78. The quantitative estimate of drug-likeness (QED) is 0.570. The minimum atomic E-state index is -1.97. The lowest BCUT2D eigenvalue weighted by Gasteiger charge is -2.15. The number of aryl methyl sites for hydroxylation is 2. The third-order valence-corrected chi connectivity index (χ3v) is 4.63. The van der Waals surface area contributed by atoms with Crippen LogP contribution in [0.4, 0.5) is 11.5 Å². The number of nitrogens with zero attached hydrogens (tertiary/aromatic N) is 3. The molecule has 0 radical (unpaired) electrons. The van der Waals surface area contributed by atoms with E-state index in [1.54, 1.807) is 23.0 Å². The summed E-state index contributed by atoms with van der Waals surface area (Å²) in [6.45, 7) is 4.47. The van der Waals surface area contributed by atoms with Gasteiger partial charge in [-0.15, -0.1) is 0 Å². The van der Waals surface area contributed by atoms with Crippen molar-refractivity contribution < 1.29 is 13.6 Å². The van der Waals surface area contributed by atoms with Gasteiger partial charge in [-0.25, -0.2) is 8.89 Å². The van der Waals surface area contributed by atoms with Crippen LogP contribution in [0.5, 0.6) is 0 Å². The lowest BCUT2D eigenvalue weighted by atomic mass is 10.0. The molecule has 26 heavy (non-hydrogen) atoms. The monoisotopic (exact) mass is 373 g/mol. The number of pyridine rings is 1. The van der Waals surface area contributed by atoms with Crippen LogP contribution in [0.25, 0.3) is 10.9 Å². The first kappa shape index (κ1) is 18.0. The Morgan fingerprint density at radius 2 is 2.19 bits per heavy atom. The number of carbonyl (C=O) groups is 1. The minimum absolute atomic E-state index is 0.0100. The lowest BCUT2D eigenvalue weighted by Crippen LogP contribution is -2.15. The second-order valence-electron chi connectivity index (χ2n) is 5.84. The summed E-state index contributed by atoms with van der Waals surface area (Å²) >= 11 is -1.97. The summed E-state index contributed by atoms with van der Waals surface area (Å²) in [5, 5.41) is 8.09. The van der Waals surface area contributed by atoms with E-state index in [0.29, 0.717) is 34.5 Å². The summed E-state index contributed by atoms with van der Waals surface area (Å²) in [4.78, 5) is 16.3. The molecule has 2 aromatic heterocycles. The summed E-state index contributed by atoms with van der Waals surface area (Å²) < 4.78 is 22.2. The lowest BCUT2D eigenvalue weighted by molar-refractivity contribution is 0.100. The molecule has 1 atom stereocenters. The molecule has 0 saturated heterocycles. The number of hydrogen-bond donors (Lipinski definition) is 3. The number of nitrogens with two attached hydrogens (primary N) is 1. The van der Waals surface area contributed by atoms with Gasteiger partial charge >= 0.3 is 0 Å². The molecule has 0 bridgehead atoms. The van der Waals surface area contributed by atoms with E-state index in [9.17, 15) is 13.6 Å². The Labute approximate surface area is 152 Å². The number of rotatable bonds is 6. The SMILES string of the molecule is CCn1nccc1Nc1c(C(N)=O)cnc2c(C)cc(CS(=O)O)cc12. The van der Waals surface area contributed by atoms with E-state index in [0.717, 1.165) is 5.56 Å². The van der Waals surface area contributed by atoms with Gasteiger partial charge in [0.1, 0.15) is 5.82 Å². The predicted molar refractivity (Wildman–Crippen MR) is 101 cm³/mol. The molecule has 0 spiro atoms. The number of carbonyl (C=O) groups excluding carboxylic acids is 1. The van der Waals surface area contributed by atoms with Gasteiger partial charge in [-0.05, 0) is 31.0 Å². The Kier molecular flexibility index (Phi) is 5.01. The molecule has 1 amide bonds. The number of benzene rings is 1. The first-order valence-electron chi connectivity index (χ1n) is 7.99. The van der Waals surface area contributed by atoms with Crippen molar-refractivity contribution in [2.24, 2.45) is 5.73 Å². The third kappa shape index (κ3) is 3.44. The zero-order valence-corrected chi connectivity index (χ0v) is 15.2. The van der Waals surface area contributed by atoms with E-state index in [4.69, 9.17) is 5.73 Å². The molecule has 1 aromatic carbocycles. The Morgan fingerprint density at radius 3 is 2.85 bits per heavy atom. The van der Waals surface area contributed by atoms with Gasteiger partial charge in [0.15, 0.2) is 11.1 Å². The van der Waals surface area contributed by atoms with Gasteiger partial charge in [-0.2, -0.15) is 5.10 Å². The fourth-order valence-electron chi connectivity index (χ4n) is 2.92. The first-order valence-corrected chi connectivity index (χ1v) is 9.26. The second-order valence-corrected chi connectivity index (χ2v) is 6.77. The van der Waals surface area contributed by atoms with Gasteiger partial charge in [0.05, 0.1) is 28.7 Å². The molecule has 8 nitrogen and oxygen atoms in total. The number of amides is 1. The van der Waals surface area contributed by atoms with Crippen molar-refractivity contribution in [1.29, 1.82) is 0 Å². The van der Waals surface area contributed by atoms with Crippen LogP contribution in [0.15, 0.2) is 30.6 Å². The van der Waals surface area contributed by atoms with Crippen molar-refractivity contribution in [3.63, 3.8) is 0 Å². The Morgan fingerprint density at radius 1 is 1.42 bits per heavy atom. The molecule has 0 aliphatic carbocycles. The van der Waals surface area contributed by atoms with Crippen molar-refractivity contribution >= 4 is 39.4 Å². The van der Waals surface area contributed by atoms with Crippen LogP contribution in [0.3, 0.4) is 0 Å². The first-order chi connectivity index (χ1) is 12.4. The molecular formula is C17H19N5O3S. The van der Waals surface area contributed by atoms with Gasteiger partial charge in [0, 0.05) is 24.2 Å². The molecule has 9 heteroatoms. The van der Waals surface area contributed by atoms with Gasteiger partial charge in [-0.3, -0.25) is 9.78 Å². The molecule has 0 aliphatic heterocycles. The maximum atomic E-state index is 11.9. The van der Waals surface area contributed by atoms with Crippen LogP contribution in [0, 0.1) is 6.92 Å². The Bertz CT molecular complexity index is 1020. The number of nitrogens with one attached hydrogen (secondary N) is 1. The van der Waals surface area contributed by atoms with E-state index in [1.165, 1.54) is 6.20 Å². The molecule has 0 saturated carbocycles. The second kappa shape index (κ2) is 7.22. The van der Waals surface area contributed by atoms with Crippen LogP contribution < -0.4 is 11.1 Å². The van der Waals surface area contributed by atoms with Crippen molar-refractivity contribution in [1.82, 2.24) is 14.8 Å². The third-order valence-electron chi connectivity index (χ3n) is 4.05. The predicted octanol–water partition coefficient (Wildman–Crippen LogP) is 2.32. The standard InChI is InChI=1S/C17H19N5O3S/c1-3-22-14(4-5-20-22)21-16-12-7-11(9-26(24)25)6-10(2)15(12)19-8-13(16)17(18)23/h4-8H,3,9H2,1-2H3,(H2,18,23)(H,19,21)(H,24,25). The summed E-state index contributed by atoms with van der Waals surface area (Å²) in [6.07, 6.45) is 3.10. The Hall–Kier alpha value is -2.78. The molecule has 3 aromatic rings. The van der Waals surface area contributed by atoms with E-state index >= 15 is 0 Å². The number of hydrogen-bond acceptors (Lipinski definition) is 5. The largest absolute Gasteiger partial charge is 0.365 e. The van der Waals surface area contributed by atoms with Gasteiger partial charge in [0.2, 0.25) is 0 Å². The number of aromatic nitrogens is 3. The molecule has 2 heterocycles. The molecule has 0 fully saturated rings. The molecule has 136 valence electrons. The fourth-order valence-corrected chi connectivity index (χ4v) is 3.37. The van der Waals surface area contributed by atoms with Crippen molar-refractivity contribution in [2.45, 2.75) is 26.1 Å². The van der Waals surface area contributed by atoms with Gasteiger partial charge < -0.3 is 15.6 Å². The topological polar surface area (TPSA) is 123 Å². The molecule has 4 N–H and O–H groups in total. The van der Waals surface area contributed by atoms with Crippen LogP contribution >= 0.6 is 0 Å². The average molecular weight is 373 g/mol. The van der Waals surface area contributed by atoms with Crippen LogP contribution in [0.2, 0.25) is 0 Å². The van der Waals surface area contributed by atoms with Crippen LogP contribution in [-0.4, -0.2) is 29.4 Å². The molecule has 0 aliphatic rings. The summed E-state index contributed by atoms with van der Waals surface area (Å²) in [7, 11) is 0. The van der Waals surface area contributed by atoms with E-state index in [2.05, 4.69) is 15.4 Å². The minimum Gasteiger partial charge on any atom is -0.365 e.